The van der Waals surface area contributed by atoms with E-state index in [1.54, 1.807) is 0 Å². The zero-order valence-corrected chi connectivity index (χ0v) is 20.3. The average Bonchev–Trinajstić information content (AvgIpc) is 3.03. The van der Waals surface area contributed by atoms with Crippen molar-refractivity contribution in [2.45, 2.75) is 112 Å². The summed E-state index contributed by atoms with van der Waals surface area (Å²) in [6.45, 7) is 15.1. The molecule has 4 aliphatic rings. The van der Waals surface area contributed by atoms with Gasteiger partial charge in [0.2, 0.25) is 0 Å². The molecule has 0 saturated heterocycles. The Hall–Kier alpha value is -0.330. The highest BCUT2D eigenvalue weighted by Gasteiger charge is 2.60. The molecule has 0 unspecified atom stereocenters. The number of carbonyl (C=O) groups is 1. The maximum Gasteiger partial charge on any atom is 0.133 e. The molecule has 9 atom stereocenters. The van der Waals surface area contributed by atoms with Gasteiger partial charge in [0.25, 0.3) is 0 Å². The monoisotopic (exact) mass is 400 g/mol. The SMILES string of the molecule is CC(C)[C@@H](C)CC[C@@H](C)[C@H]1CC[C@H]2[C@@H]3CC[C@H]4CC(=O)CC[C@]4(C)[C@H]3CC[C@]12C. The van der Waals surface area contributed by atoms with E-state index in [1.165, 1.54) is 57.8 Å². The van der Waals surface area contributed by atoms with Crippen LogP contribution in [-0.4, -0.2) is 5.78 Å². The van der Waals surface area contributed by atoms with Crippen LogP contribution in [0.25, 0.3) is 0 Å². The molecule has 0 aromatic carbocycles. The van der Waals surface area contributed by atoms with Crippen molar-refractivity contribution in [1.82, 2.24) is 0 Å². The van der Waals surface area contributed by atoms with E-state index < -0.39 is 0 Å². The number of carbonyl (C=O) groups excluding carboxylic acids is 1. The van der Waals surface area contributed by atoms with E-state index in [0.717, 1.165) is 54.3 Å². The van der Waals surface area contributed by atoms with Gasteiger partial charge in [0.15, 0.2) is 0 Å². The first-order valence-corrected chi connectivity index (χ1v) is 13.2. The van der Waals surface area contributed by atoms with Crippen molar-refractivity contribution >= 4 is 5.78 Å². The third kappa shape index (κ3) is 3.65. The Balaban J connectivity index is 1.46. The minimum absolute atomic E-state index is 0.467. The van der Waals surface area contributed by atoms with Crippen LogP contribution in [0.15, 0.2) is 0 Å². The highest BCUT2D eigenvalue weighted by atomic mass is 16.1. The predicted molar refractivity (Wildman–Crippen MR) is 123 cm³/mol. The smallest absolute Gasteiger partial charge is 0.133 e. The molecular weight excluding hydrogens is 352 g/mol. The molecular formula is C28H48O. The molecule has 0 radical (unpaired) electrons. The lowest BCUT2D eigenvalue weighted by Gasteiger charge is -2.60. The summed E-state index contributed by atoms with van der Waals surface area (Å²) in [4.78, 5) is 12.1. The van der Waals surface area contributed by atoms with E-state index in [2.05, 4.69) is 41.5 Å². The first-order valence-electron chi connectivity index (χ1n) is 13.2. The quantitative estimate of drug-likeness (QED) is 0.458. The fourth-order valence-corrected chi connectivity index (χ4v) is 9.08. The van der Waals surface area contributed by atoms with Crippen LogP contribution in [-0.2, 0) is 4.79 Å². The van der Waals surface area contributed by atoms with E-state index in [-0.39, 0.29) is 0 Å². The van der Waals surface area contributed by atoms with Crippen LogP contribution >= 0.6 is 0 Å². The Morgan fingerprint density at radius 2 is 1.59 bits per heavy atom. The fourth-order valence-electron chi connectivity index (χ4n) is 9.08. The maximum absolute atomic E-state index is 12.1. The van der Waals surface area contributed by atoms with Gasteiger partial charge in [-0.25, -0.2) is 0 Å². The largest absolute Gasteiger partial charge is 0.300 e. The lowest BCUT2D eigenvalue weighted by atomic mass is 9.44. The standard InChI is InChI=1S/C28H48O/c1-18(2)19(3)7-8-20(4)24-11-12-25-23-10-9-21-17-22(29)13-15-27(21,5)26(23)14-16-28(24,25)6/h18-21,23-26H,7-17H2,1-6H3/t19-,20+,21-,23-,24+,25-,26-,27-,28+/m0/s1. The van der Waals surface area contributed by atoms with Gasteiger partial charge < -0.3 is 0 Å². The lowest BCUT2D eigenvalue weighted by molar-refractivity contribution is -0.140. The summed E-state index contributed by atoms with van der Waals surface area (Å²) in [5.74, 6) is 7.60. The van der Waals surface area contributed by atoms with Crippen LogP contribution in [0, 0.1) is 58.2 Å². The molecule has 0 aromatic rings. The minimum atomic E-state index is 0.467. The van der Waals surface area contributed by atoms with Crippen molar-refractivity contribution in [3.63, 3.8) is 0 Å². The fraction of sp³-hybridized carbons (Fsp3) is 0.964. The van der Waals surface area contributed by atoms with E-state index in [0.29, 0.717) is 22.5 Å². The van der Waals surface area contributed by atoms with Crippen molar-refractivity contribution in [2.75, 3.05) is 0 Å². The normalized spacial score (nSPS) is 46.7. The molecule has 0 aromatic heterocycles. The Kier molecular flexibility index (Phi) is 6.02. The van der Waals surface area contributed by atoms with Crippen LogP contribution in [0.4, 0.5) is 0 Å². The second-order valence-corrected chi connectivity index (χ2v) is 12.9. The third-order valence-corrected chi connectivity index (χ3v) is 11.5. The third-order valence-electron chi connectivity index (χ3n) is 11.5. The van der Waals surface area contributed by atoms with Crippen molar-refractivity contribution < 1.29 is 4.79 Å². The summed E-state index contributed by atoms with van der Waals surface area (Å²) in [6.07, 6.45) is 14.4. The average molecular weight is 401 g/mol. The Morgan fingerprint density at radius 3 is 2.31 bits per heavy atom. The topological polar surface area (TPSA) is 17.1 Å². The van der Waals surface area contributed by atoms with Crippen LogP contribution in [0.5, 0.6) is 0 Å². The summed E-state index contributed by atoms with van der Waals surface area (Å²) >= 11 is 0. The predicted octanol–water partition coefficient (Wildman–Crippen LogP) is 7.92. The van der Waals surface area contributed by atoms with E-state index in [4.69, 9.17) is 0 Å². The summed E-state index contributed by atoms with van der Waals surface area (Å²) in [5, 5.41) is 0. The molecule has 29 heavy (non-hydrogen) atoms. The molecule has 4 saturated carbocycles. The van der Waals surface area contributed by atoms with E-state index in [1.807, 2.05) is 0 Å². The molecule has 4 rings (SSSR count). The zero-order chi connectivity index (χ0) is 21.0. The molecule has 0 aliphatic heterocycles. The molecule has 4 fully saturated rings. The number of Topliss-reactive ketones (excluding diaryl/α,β-unsaturated/α-hetero) is 1. The molecule has 0 N–H and O–H groups in total. The van der Waals surface area contributed by atoms with Gasteiger partial charge in [0.05, 0.1) is 0 Å². The molecule has 0 spiro atoms. The van der Waals surface area contributed by atoms with Crippen LogP contribution < -0.4 is 0 Å². The van der Waals surface area contributed by atoms with Gasteiger partial charge in [-0.05, 0) is 103 Å². The van der Waals surface area contributed by atoms with Crippen molar-refractivity contribution in [2.24, 2.45) is 58.2 Å². The number of ketones is 1. The Morgan fingerprint density at radius 1 is 0.862 bits per heavy atom. The second-order valence-electron chi connectivity index (χ2n) is 12.9. The number of fused-ring (bicyclic) bond motifs is 5. The summed E-state index contributed by atoms with van der Waals surface area (Å²) in [7, 11) is 0. The minimum Gasteiger partial charge on any atom is -0.300 e. The maximum atomic E-state index is 12.1. The van der Waals surface area contributed by atoms with Gasteiger partial charge in [0.1, 0.15) is 5.78 Å². The lowest BCUT2D eigenvalue weighted by Crippen LogP contribution is -2.53. The van der Waals surface area contributed by atoms with E-state index in [9.17, 15) is 4.79 Å². The van der Waals surface area contributed by atoms with Gasteiger partial charge >= 0.3 is 0 Å². The van der Waals surface area contributed by atoms with Gasteiger partial charge in [0, 0.05) is 12.8 Å². The van der Waals surface area contributed by atoms with Gasteiger partial charge in [-0.15, -0.1) is 0 Å². The van der Waals surface area contributed by atoms with Gasteiger partial charge in [-0.3, -0.25) is 4.79 Å². The highest BCUT2D eigenvalue weighted by molar-refractivity contribution is 5.79. The summed E-state index contributed by atoms with van der Waals surface area (Å²) in [5.41, 5.74) is 1.06. The van der Waals surface area contributed by atoms with Gasteiger partial charge in [-0.2, -0.15) is 0 Å². The van der Waals surface area contributed by atoms with Crippen molar-refractivity contribution in [3.05, 3.63) is 0 Å². The summed E-state index contributed by atoms with van der Waals surface area (Å²) < 4.78 is 0. The highest BCUT2D eigenvalue weighted by Crippen LogP contribution is 2.68. The Bertz CT molecular complexity index is 607. The van der Waals surface area contributed by atoms with E-state index >= 15 is 0 Å². The number of hydrogen-bond acceptors (Lipinski definition) is 1. The van der Waals surface area contributed by atoms with Crippen LogP contribution in [0.1, 0.15) is 112 Å². The molecule has 1 nitrogen and oxygen atoms in total. The van der Waals surface area contributed by atoms with Gasteiger partial charge in [-0.1, -0.05) is 54.4 Å². The number of hydrogen-bond donors (Lipinski definition) is 0. The van der Waals surface area contributed by atoms with Crippen molar-refractivity contribution in [3.8, 4) is 0 Å². The van der Waals surface area contributed by atoms with Crippen LogP contribution in [0.2, 0.25) is 0 Å². The molecule has 0 bridgehead atoms. The second kappa shape index (κ2) is 7.98. The first kappa shape index (κ1) is 21.9. The first-order chi connectivity index (χ1) is 13.7. The molecule has 4 aliphatic carbocycles. The molecule has 1 heteroatoms. The molecule has 0 amide bonds. The number of rotatable bonds is 5. The van der Waals surface area contributed by atoms with Crippen LogP contribution in [0.3, 0.4) is 0 Å². The summed E-state index contributed by atoms with van der Waals surface area (Å²) in [6, 6.07) is 0. The molecule has 166 valence electrons. The van der Waals surface area contributed by atoms with Crippen molar-refractivity contribution in [1.29, 1.82) is 0 Å². The zero-order valence-electron chi connectivity index (χ0n) is 20.3. The Labute approximate surface area is 181 Å². The molecule has 0 heterocycles.